The molecule has 1 heterocycles. The summed E-state index contributed by atoms with van der Waals surface area (Å²) in [5.74, 6) is -1.48. The number of halogens is 1. The summed E-state index contributed by atoms with van der Waals surface area (Å²) in [5, 5.41) is 7.00. The van der Waals surface area contributed by atoms with Crippen LogP contribution in [0, 0.1) is 26.6 Å². The lowest BCUT2D eigenvalue weighted by Gasteiger charge is -2.08. The van der Waals surface area contributed by atoms with Gasteiger partial charge in [-0.25, -0.2) is 9.07 Å². The van der Waals surface area contributed by atoms with Crippen molar-refractivity contribution in [2.75, 3.05) is 11.9 Å². The number of rotatable bonds is 6. The molecule has 2 aromatic carbocycles. The zero-order valence-corrected chi connectivity index (χ0v) is 16.5. The van der Waals surface area contributed by atoms with Gasteiger partial charge in [-0.1, -0.05) is 24.3 Å². The van der Waals surface area contributed by atoms with Gasteiger partial charge in [0.1, 0.15) is 5.82 Å². The van der Waals surface area contributed by atoms with Gasteiger partial charge in [0.2, 0.25) is 0 Å². The van der Waals surface area contributed by atoms with E-state index in [4.69, 9.17) is 4.74 Å². The molecule has 0 bridgehead atoms. The van der Waals surface area contributed by atoms with E-state index in [1.165, 1.54) is 6.07 Å². The average Bonchev–Trinajstić information content (AvgIpc) is 2.98. The molecule has 3 rings (SSSR count). The van der Waals surface area contributed by atoms with Crippen molar-refractivity contribution >= 4 is 17.6 Å². The molecule has 1 N–H and O–H groups in total. The van der Waals surface area contributed by atoms with Gasteiger partial charge >= 0.3 is 5.97 Å². The first-order valence-corrected chi connectivity index (χ1v) is 9.17. The number of anilines is 1. The molecule has 1 amide bonds. The topological polar surface area (TPSA) is 73.2 Å². The number of nitrogens with zero attached hydrogens (tertiary/aromatic N) is 2. The summed E-state index contributed by atoms with van der Waals surface area (Å²) in [6.07, 6.45) is 0.0109. The SMILES string of the molecule is Cc1ccc(NC(=O)COC(=O)Cc2c(C)nn(-c3ccccc3)c2C)cc1F. The lowest BCUT2D eigenvalue weighted by atomic mass is 10.1. The van der Waals surface area contributed by atoms with Gasteiger partial charge in [-0.15, -0.1) is 0 Å². The van der Waals surface area contributed by atoms with Crippen molar-refractivity contribution in [2.24, 2.45) is 0 Å². The summed E-state index contributed by atoms with van der Waals surface area (Å²) >= 11 is 0. The van der Waals surface area contributed by atoms with Gasteiger partial charge in [-0.2, -0.15) is 5.10 Å². The summed E-state index contributed by atoms with van der Waals surface area (Å²) in [5.41, 5.74) is 4.02. The van der Waals surface area contributed by atoms with Crippen LogP contribution < -0.4 is 5.32 Å². The monoisotopic (exact) mass is 395 g/mol. The molecule has 0 aliphatic rings. The minimum atomic E-state index is -0.533. The standard InChI is InChI=1S/C22H22FN3O3/c1-14-9-10-17(11-20(14)23)24-21(27)13-29-22(28)12-19-15(2)25-26(16(19)3)18-7-5-4-6-8-18/h4-11H,12-13H2,1-3H3,(H,24,27). The number of amides is 1. The Morgan fingerprint density at radius 2 is 1.83 bits per heavy atom. The highest BCUT2D eigenvalue weighted by atomic mass is 19.1. The van der Waals surface area contributed by atoms with Crippen LogP contribution in [0.15, 0.2) is 48.5 Å². The van der Waals surface area contributed by atoms with Gasteiger partial charge in [0, 0.05) is 16.9 Å². The van der Waals surface area contributed by atoms with Crippen LogP contribution in [-0.2, 0) is 20.7 Å². The second-order valence-electron chi connectivity index (χ2n) is 6.75. The fourth-order valence-electron chi connectivity index (χ4n) is 2.96. The van der Waals surface area contributed by atoms with E-state index in [1.54, 1.807) is 23.7 Å². The molecule has 0 saturated carbocycles. The number of para-hydroxylation sites is 1. The lowest BCUT2D eigenvalue weighted by Crippen LogP contribution is -2.22. The molecule has 0 unspecified atom stereocenters. The third-order valence-electron chi connectivity index (χ3n) is 4.58. The molecule has 0 aliphatic carbocycles. The number of nitrogens with one attached hydrogen (secondary N) is 1. The van der Waals surface area contributed by atoms with Gasteiger partial charge in [-0.3, -0.25) is 9.59 Å². The smallest absolute Gasteiger partial charge is 0.310 e. The van der Waals surface area contributed by atoms with Crippen LogP contribution in [0.2, 0.25) is 0 Å². The van der Waals surface area contributed by atoms with Gasteiger partial charge in [0.05, 0.1) is 17.8 Å². The molecule has 29 heavy (non-hydrogen) atoms. The first kappa shape index (κ1) is 20.3. The molecular formula is C22H22FN3O3. The maximum atomic E-state index is 13.5. The Morgan fingerprint density at radius 3 is 2.52 bits per heavy atom. The number of carbonyl (C=O) groups is 2. The zero-order chi connectivity index (χ0) is 21.0. The van der Waals surface area contributed by atoms with E-state index in [1.807, 2.05) is 44.2 Å². The number of hydrogen-bond acceptors (Lipinski definition) is 4. The molecule has 7 heteroatoms. The Kier molecular flexibility index (Phi) is 6.07. The molecule has 0 spiro atoms. The second kappa shape index (κ2) is 8.68. The van der Waals surface area contributed by atoms with Crippen LogP contribution in [0.25, 0.3) is 5.69 Å². The van der Waals surface area contributed by atoms with E-state index >= 15 is 0 Å². The summed E-state index contributed by atoms with van der Waals surface area (Å²) in [4.78, 5) is 24.2. The first-order chi connectivity index (χ1) is 13.8. The van der Waals surface area contributed by atoms with Crippen LogP contribution in [0.1, 0.15) is 22.5 Å². The van der Waals surface area contributed by atoms with Crippen molar-refractivity contribution in [2.45, 2.75) is 27.2 Å². The van der Waals surface area contributed by atoms with Crippen molar-refractivity contribution in [1.82, 2.24) is 9.78 Å². The molecule has 3 aromatic rings. The molecule has 1 aromatic heterocycles. The highest BCUT2D eigenvalue weighted by molar-refractivity contribution is 5.92. The molecular weight excluding hydrogens is 373 g/mol. The third kappa shape index (κ3) is 4.87. The number of aromatic nitrogens is 2. The van der Waals surface area contributed by atoms with E-state index in [0.717, 1.165) is 22.6 Å². The second-order valence-corrected chi connectivity index (χ2v) is 6.75. The summed E-state index contributed by atoms with van der Waals surface area (Å²) in [7, 11) is 0. The van der Waals surface area contributed by atoms with Crippen LogP contribution in [0.5, 0.6) is 0 Å². The van der Waals surface area contributed by atoms with Gasteiger partial charge in [0.25, 0.3) is 5.91 Å². The van der Waals surface area contributed by atoms with Crippen molar-refractivity contribution in [1.29, 1.82) is 0 Å². The molecule has 6 nitrogen and oxygen atoms in total. The average molecular weight is 395 g/mol. The van der Waals surface area contributed by atoms with Crippen LogP contribution >= 0.6 is 0 Å². The number of hydrogen-bond donors (Lipinski definition) is 1. The Balaban J connectivity index is 1.59. The zero-order valence-electron chi connectivity index (χ0n) is 16.5. The van der Waals surface area contributed by atoms with Gasteiger partial charge < -0.3 is 10.1 Å². The predicted molar refractivity (Wildman–Crippen MR) is 107 cm³/mol. The third-order valence-corrected chi connectivity index (χ3v) is 4.58. The lowest BCUT2D eigenvalue weighted by molar-refractivity contribution is -0.146. The molecule has 0 atom stereocenters. The fraction of sp³-hybridized carbons (Fsp3) is 0.227. The highest BCUT2D eigenvalue weighted by Gasteiger charge is 2.17. The van der Waals surface area contributed by atoms with Crippen LogP contribution in [0.3, 0.4) is 0 Å². The quantitative estimate of drug-likeness (QED) is 0.647. The molecule has 0 saturated heterocycles. The normalized spacial score (nSPS) is 10.6. The number of benzene rings is 2. The Morgan fingerprint density at radius 1 is 1.10 bits per heavy atom. The van der Waals surface area contributed by atoms with Crippen LogP contribution in [0.4, 0.5) is 10.1 Å². The predicted octanol–water partition coefficient (Wildman–Crippen LogP) is 3.66. The van der Waals surface area contributed by atoms with E-state index in [0.29, 0.717) is 11.3 Å². The number of esters is 1. The van der Waals surface area contributed by atoms with E-state index in [-0.39, 0.29) is 6.42 Å². The van der Waals surface area contributed by atoms with Crippen molar-refractivity contribution in [3.05, 3.63) is 76.9 Å². The maximum Gasteiger partial charge on any atom is 0.310 e. The molecule has 0 radical (unpaired) electrons. The van der Waals surface area contributed by atoms with E-state index in [9.17, 15) is 14.0 Å². The molecule has 0 aliphatic heterocycles. The van der Waals surface area contributed by atoms with E-state index in [2.05, 4.69) is 10.4 Å². The van der Waals surface area contributed by atoms with Gasteiger partial charge in [0.15, 0.2) is 6.61 Å². The number of carbonyl (C=O) groups excluding carboxylic acids is 2. The van der Waals surface area contributed by atoms with Gasteiger partial charge in [-0.05, 0) is 50.6 Å². The van der Waals surface area contributed by atoms with Crippen molar-refractivity contribution < 1.29 is 18.7 Å². The fourth-order valence-corrected chi connectivity index (χ4v) is 2.96. The summed E-state index contributed by atoms with van der Waals surface area (Å²) in [6.45, 7) is 4.90. The van der Waals surface area contributed by atoms with E-state index < -0.39 is 24.3 Å². The number of aryl methyl sites for hydroxylation is 2. The first-order valence-electron chi connectivity index (χ1n) is 9.17. The van der Waals surface area contributed by atoms with Crippen LogP contribution in [-0.4, -0.2) is 28.3 Å². The number of ether oxygens (including phenoxy) is 1. The molecule has 150 valence electrons. The van der Waals surface area contributed by atoms with Crippen molar-refractivity contribution in [3.8, 4) is 5.69 Å². The highest BCUT2D eigenvalue weighted by Crippen LogP contribution is 2.19. The molecule has 0 fully saturated rings. The summed E-state index contributed by atoms with van der Waals surface area (Å²) in [6, 6.07) is 14.0. The largest absolute Gasteiger partial charge is 0.455 e. The van der Waals surface area contributed by atoms with Crippen molar-refractivity contribution in [3.63, 3.8) is 0 Å². The minimum absolute atomic E-state index is 0.0109. The Labute approximate surface area is 168 Å². The minimum Gasteiger partial charge on any atom is -0.455 e. The Hall–Kier alpha value is -3.48. The summed E-state index contributed by atoms with van der Waals surface area (Å²) < 4.78 is 20.4. The Bertz CT molecular complexity index is 1040. The maximum absolute atomic E-state index is 13.5.